The van der Waals surface area contributed by atoms with Gasteiger partial charge in [0.05, 0.1) is 5.41 Å². The van der Waals surface area contributed by atoms with Gasteiger partial charge in [-0.05, 0) is 56.5 Å². The second-order valence-corrected chi connectivity index (χ2v) is 6.87. The fourth-order valence-corrected chi connectivity index (χ4v) is 3.64. The van der Waals surface area contributed by atoms with Gasteiger partial charge in [0.2, 0.25) is 0 Å². The first-order valence-corrected chi connectivity index (χ1v) is 8.54. The lowest BCUT2D eigenvalue weighted by Crippen LogP contribution is -2.45. The molecule has 0 aromatic heterocycles. The van der Waals surface area contributed by atoms with Crippen LogP contribution in [0.1, 0.15) is 51.1 Å². The average Bonchev–Trinajstić information content (AvgIpc) is 2.50. The molecule has 1 aromatic rings. The van der Waals surface area contributed by atoms with Gasteiger partial charge in [0.1, 0.15) is 0 Å². The molecule has 0 aliphatic carbocycles. The molecule has 0 spiro atoms. The molecule has 3 nitrogen and oxygen atoms in total. The van der Waals surface area contributed by atoms with Crippen molar-refractivity contribution in [1.29, 1.82) is 0 Å². The van der Waals surface area contributed by atoms with Crippen molar-refractivity contribution in [2.75, 3.05) is 13.1 Å². The molecule has 1 saturated heterocycles. The summed E-state index contributed by atoms with van der Waals surface area (Å²) in [6, 6.07) is 8.88. The van der Waals surface area contributed by atoms with Crippen molar-refractivity contribution in [2.45, 2.75) is 45.6 Å². The summed E-state index contributed by atoms with van der Waals surface area (Å²) < 4.78 is 1.09. The van der Waals surface area contributed by atoms with E-state index >= 15 is 0 Å². The van der Waals surface area contributed by atoms with E-state index in [1.54, 1.807) is 0 Å². The SMILES string of the molecule is CCC(c1ccc(Br)cc1)N1CCC(CC)(C(=O)O)CC1. The van der Waals surface area contributed by atoms with E-state index < -0.39 is 11.4 Å². The highest BCUT2D eigenvalue weighted by Gasteiger charge is 2.40. The highest BCUT2D eigenvalue weighted by molar-refractivity contribution is 9.10. The lowest BCUT2D eigenvalue weighted by molar-refractivity contribution is -0.152. The molecule has 4 heteroatoms. The first kappa shape index (κ1) is 16.5. The van der Waals surface area contributed by atoms with Gasteiger partial charge in [0.25, 0.3) is 0 Å². The summed E-state index contributed by atoms with van der Waals surface area (Å²) in [6.45, 7) is 5.94. The largest absolute Gasteiger partial charge is 0.481 e. The first-order valence-electron chi connectivity index (χ1n) is 7.75. The van der Waals surface area contributed by atoms with Crippen LogP contribution in [0, 0.1) is 5.41 Å². The van der Waals surface area contributed by atoms with Crippen LogP contribution in [0.4, 0.5) is 0 Å². The molecular weight excluding hydrogens is 330 g/mol. The molecule has 1 aliphatic heterocycles. The van der Waals surface area contributed by atoms with E-state index in [0.717, 1.165) is 43.2 Å². The minimum Gasteiger partial charge on any atom is -0.481 e. The van der Waals surface area contributed by atoms with Crippen molar-refractivity contribution in [3.05, 3.63) is 34.3 Å². The minimum absolute atomic E-state index is 0.391. The molecule has 1 heterocycles. The van der Waals surface area contributed by atoms with Crippen LogP contribution in [-0.4, -0.2) is 29.1 Å². The standard InChI is InChI=1S/C17H24BrNO2/c1-3-15(13-5-7-14(18)8-6-13)19-11-9-17(4-2,10-12-19)16(20)21/h5-8,15H,3-4,9-12H2,1-2H3,(H,20,21). The summed E-state index contributed by atoms with van der Waals surface area (Å²) >= 11 is 3.47. The zero-order valence-corrected chi connectivity index (χ0v) is 14.4. The number of benzene rings is 1. The van der Waals surface area contributed by atoms with E-state index in [1.165, 1.54) is 5.56 Å². The number of aliphatic carboxylic acids is 1. The van der Waals surface area contributed by atoms with Crippen LogP contribution in [0.25, 0.3) is 0 Å². The van der Waals surface area contributed by atoms with Gasteiger partial charge in [-0.1, -0.05) is 41.9 Å². The molecule has 1 fully saturated rings. The van der Waals surface area contributed by atoms with Crippen LogP contribution >= 0.6 is 15.9 Å². The maximum absolute atomic E-state index is 11.5. The number of likely N-dealkylation sites (tertiary alicyclic amines) is 1. The molecule has 1 unspecified atom stereocenters. The Morgan fingerprint density at radius 2 is 1.86 bits per heavy atom. The maximum atomic E-state index is 11.5. The van der Waals surface area contributed by atoms with Crippen molar-refractivity contribution >= 4 is 21.9 Å². The zero-order valence-electron chi connectivity index (χ0n) is 12.8. The van der Waals surface area contributed by atoms with Gasteiger partial charge in [-0.2, -0.15) is 0 Å². The Morgan fingerprint density at radius 1 is 1.29 bits per heavy atom. The molecular formula is C17H24BrNO2. The fourth-order valence-electron chi connectivity index (χ4n) is 3.37. The van der Waals surface area contributed by atoms with E-state index in [-0.39, 0.29) is 0 Å². The number of piperidine rings is 1. The predicted octanol–water partition coefficient (Wildman–Crippen LogP) is 4.48. The summed E-state index contributed by atoms with van der Waals surface area (Å²) in [4.78, 5) is 14.0. The van der Waals surface area contributed by atoms with Crippen LogP contribution in [0.2, 0.25) is 0 Å². The number of halogens is 1. The fraction of sp³-hybridized carbons (Fsp3) is 0.588. The van der Waals surface area contributed by atoms with Crippen LogP contribution in [0.5, 0.6) is 0 Å². The molecule has 1 aliphatic rings. The highest BCUT2D eigenvalue weighted by Crippen LogP contribution is 2.38. The third-order valence-corrected chi connectivity index (χ3v) is 5.50. The topological polar surface area (TPSA) is 40.5 Å². The lowest BCUT2D eigenvalue weighted by atomic mass is 9.75. The van der Waals surface area contributed by atoms with Crippen LogP contribution in [-0.2, 0) is 4.79 Å². The van der Waals surface area contributed by atoms with Gasteiger partial charge >= 0.3 is 5.97 Å². The Balaban J connectivity index is 2.09. The molecule has 2 rings (SSSR count). The number of hydrogen-bond acceptors (Lipinski definition) is 2. The number of rotatable bonds is 5. The minimum atomic E-state index is -0.624. The van der Waals surface area contributed by atoms with Crippen LogP contribution in [0.15, 0.2) is 28.7 Å². The van der Waals surface area contributed by atoms with Crippen molar-refractivity contribution in [3.63, 3.8) is 0 Å². The Kier molecular flexibility index (Phi) is 5.44. The summed E-state index contributed by atoms with van der Waals surface area (Å²) in [6.07, 6.45) is 3.29. The summed E-state index contributed by atoms with van der Waals surface area (Å²) in [5, 5.41) is 9.49. The van der Waals surface area contributed by atoms with Crippen molar-refractivity contribution in [1.82, 2.24) is 4.90 Å². The Labute approximate surface area is 135 Å². The van der Waals surface area contributed by atoms with E-state index in [0.29, 0.717) is 6.04 Å². The average molecular weight is 354 g/mol. The van der Waals surface area contributed by atoms with E-state index in [9.17, 15) is 9.90 Å². The summed E-state index contributed by atoms with van der Waals surface area (Å²) in [7, 11) is 0. The molecule has 1 N–H and O–H groups in total. The van der Waals surface area contributed by atoms with Crippen LogP contribution < -0.4 is 0 Å². The number of carboxylic acid groups (broad SMARTS) is 1. The Bertz CT molecular complexity index is 478. The number of hydrogen-bond donors (Lipinski definition) is 1. The first-order chi connectivity index (χ1) is 10.0. The molecule has 0 amide bonds. The van der Waals surface area contributed by atoms with E-state index in [1.807, 2.05) is 6.92 Å². The van der Waals surface area contributed by atoms with Crippen LogP contribution in [0.3, 0.4) is 0 Å². The summed E-state index contributed by atoms with van der Waals surface area (Å²) in [5.41, 5.74) is 0.814. The Hall–Kier alpha value is -0.870. The van der Waals surface area contributed by atoms with E-state index in [2.05, 4.69) is 52.0 Å². The molecule has 0 bridgehead atoms. The molecule has 21 heavy (non-hydrogen) atoms. The van der Waals surface area contributed by atoms with Crippen molar-refractivity contribution in [3.8, 4) is 0 Å². The predicted molar refractivity (Wildman–Crippen MR) is 88.3 cm³/mol. The van der Waals surface area contributed by atoms with Crippen molar-refractivity contribution in [2.24, 2.45) is 5.41 Å². The smallest absolute Gasteiger partial charge is 0.309 e. The lowest BCUT2D eigenvalue weighted by Gasteiger charge is -2.42. The molecule has 1 atom stereocenters. The van der Waals surface area contributed by atoms with Gasteiger partial charge in [-0.15, -0.1) is 0 Å². The quantitative estimate of drug-likeness (QED) is 0.848. The highest BCUT2D eigenvalue weighted by atomic mass is 79.9. The third-order valence-electron chi connectivity index (χ3n) is 4.97. The second kappa shape index (κ2) is 6.93. The molecule has 1 aromatic carbocycles. The van der Waals surface area contributed by atoms with E-state index in [4.69, 9.17) is 0 Å². The Morgan fingerprint density at radius 3 is 2.29 bits per heavy atom. The molecule has 0 saturated carbocycles. The van der Waals surface area contributed by atoms with Crippen molar-refractivity contribution < 1.29 is 9.90 Å². The zero-order chi connectivity index (χ0) is 15.5. The number of carbonyl (C=O) groups is 1. The monoisotopic (exact) mass is 353 g/mol. The third kappa shape index (κ3) is 3.49. The molecule has 116 valence electrons. The van der Waals surface area contributed by atoms with Gasteiger partial charge in [0.15, 0.2) is 0 Å². The summed E-state index contributed by atoms with van der Waals surface area (Å²) in [5.74, 6) is -0.624. The molecule has 0 radical (unpaired) electrons. The van der Waals surface area contributed by atoms with Gasteiger partial charge in [0, 0.05) is 10.5 Å². The van der Waals surface area contributed by atoms with Gasteiger partial charge < -0.3 is 5.11 Å². The van der Waals surface area contributed by atoms with Gasteiger partial charge in [-0.25, -0.2) is 0 Å². The maximum Gasteiger partial charge on any atom is 0.309 e. The second-order valence-electron chi connectivity index (χ2n) is 5.95. The number of nitrogens with zero attached hydrogens (tertiary/aromatic N) is 1. The van der Waals surface area contributed by atoms with Gasteiger partial charge in [-0.3, -0.25) is 9.69 Å². The number of carboxylic acids is 1. The normalized spacial score (nSPS) is 20.1.